The molecule has 1 atom stereocenters. The molecule has 1 aliphatic heterocycles. The second-order valence-corrected chi connectivity index (χ2v) is 5.61. The van der Waals surface area contributed by atoms with Crippen LogP contribution < -0.4 is 11.1 Å². The molecule has 1 saturated heterocycles. The van der Waals surface area contributed by atoms with E-state index < -0.39 is 11.9 Å². The summed E-state index contributed by atoms with van der Waals surface area (Å²) in [5.41, 5.74) is 6.63. The number of nitrogens with two attached hydrogens (primary N) is 1. The first kappa shape index (κ1) is 15.6. The number of hydrogen-bond donors (Lipinski definition) is 3. The molecule has 0 radical (unpaired) electrons. The standard InChI is InChI=1S/C14H18ClN3O3/c15-11-4-3-10(16)6-12(11)17-13(19)8-18-5-1-2-9(7-18)14(20)21/h3-4,6,9H,1-2,5,7-8,16H2,(H,17,19)(H,20,21). The van der Waals surface area contributed by atoms with Crippen LogP contribution in [0.5, 0.6) is 0 Å². The number of carbonyl (C=O) groups is 2. The molecule has 1 aliphatic rings. The summed E-state index contributed by atoms with van der Waals surface area (Å²) in [4.78, 5) is 24.9. The van der Waals surface area contributed by atoms with E-state index in [0.717, 1.165) is 13.0 Å². The van der Waals surface area contributed by atoms with Crippen molar-refractivity contribution in [3.8, 4) is 0 Å². The van der Waals surface area contributed by atoms with Crippen LogP contribution in [-0.2, 0) is 9.59 Å². The third-order valence-corrected chi connectivity index (χ3v) is 3.82. The summed E-state index contributed by atoms with van der Waals surface area (Å²) in [6.45, 7) is 1.27. The van der Waals surface area contributed by atoms with Crippen LogP contribution in [0.1, 0.15) is 12.8 Å². The fourth-order valence-corrected chi connectivity index (χ4v) is 2.60. The third kappa shape index (κ3) is 4.34. The number of carboxylic acid groups (broad SMARTS) is 1. The van der Waals surface area contributed by atoms with Gasteiger partial charge < -0.3 is 16.2 Å². The van der Waals surface area contributed by atoms with Crippen LogP contribution in [0.25, 0.3) is 0 Å². The number of piperidine rings is 1. The lowest BCUT2D eigenvalue weighted by molar-refractivity contribution is -0.144. The van der Waals surface area contributed by atoms with Gasteiger partial charge in [0.05, 0.1) is 23.2 Å². The van der Waals surface area contributed by atoms with Crippen LogP contribution in [0.4, 0.5) is 11.4 Å². The summed E-state index contributed by atoms with van der Waals surface area (Å²) in [7, 11) is 0. The number of amides is 1. The number of likely N-dealkylation sites (tertiary alicyclic amines) is 1. The molecule has 2 rings (SSSR count). The minimum atomic E-state index is -0.806. The van der Waals surface area contributed by atoms with Crippen molar-refractivity contribution in [3.05, 3.63) is 23.2 Å². The molecule has 0 spiro atoms. The smallest absolute Gasteiger partial charge is 0.307 e. The molecule has 1 unspecified atom stereocenters. The Balaban J connectivity index is 1.92. The summed E-state index contributed by atoms with van der Waals surface area (Å²) >= 11 is 5.99. The van der Waals surface area contributed by atoms with Crippen LogP contribution in [0.3, 0.4) is 0 Å². The summed E-state index contributed by atoms with van der Waals surface area (Å²) < 4.78 is 0. The van der Waals surface area contributed by atoms with Gasteiger partial charge in [0.15, 0.2) is 0 Å². The number of rotatable bonds is 4. The van der Waals surface area contributed by atoms with Crippen molar-refractivity contribution in [3.63, 3.8) is 0 Å². The Bertz CT molecular complexity index is 550. The molecule has 0 bridgehead atoms. The highest BCUT2D eigenvalue weighted by Gasteiger charge is 2.26. The van der Waals surface area contributed by atoms with E-state index in [1.54, 1.807) is 18.2 Å². The minimum absolute atomic E-state index is 0.148. The number of carboxylic acids is 1. The van der Waals surface area contributed by atoms with Gasteiger partial charge in [-0.1, -0.05) is 11.6 Å². The number of benzene rings is 1. The summed E-state index contributed by atoms with van der Waals surface area (Å²) in [6, 6.07) is 4.87. The third-order valence-electron chi connectivity index (χ3n) is 3.49. The van der Waals surface area contributed by atoms with Crippen LogP contribution in [-0.4, -0.2) is 41.5 Å². The predicted molar refractivity (Wildman–Crippen MR) is 81.3 cm³/mol. The highest BCUT2D eigenvalue weighted by atomic mass is 35.5. The van der Waals surface area contributed by atoms with Gasteiger partial charge in [-0.3, -0.25) is 14.5 Å². The van der Waals surface area contributed by atoms with E-state index in [0.29, 0.717) is 29.4 Å². The number of nitrogens with one attached hydrogen (secondary N) is 1. The Morgan fingerprint density at radius 2 is 2.24 bits per heavy atom. The Morgan fingerprint density at radius 1 is 1.48 bits per heavy atom. The number of anilines is 2. The SMILES string of the molecule is Nc1ccc(Cl)c(NC(=O)CN2CCCC(C(=O)O)C2)c1. The van der Waals surface area contributed by atoms with Gasteiger partial charge >= 0.3 is 5.97 Å². The topological polar surface area (TPSA) is 95.7 Å². The van der Waals surface area contributed by atoms with E-state index in [2.05, 4.69) is 5.32 Å². The maximum Gasteiger partial charge on any atom is 0.307 e. The molecule has 1 amide bonds. The van der Waals surface area contributed by atoms with Crippen LogP contribution in [0.2, 0.25) is 5.02 Å². The molecule has 1 heterocycles. The van der Waals surface area contributed by atoms with Crippen molar-refractivity contribution >= 4 is 34.9 Å². The van der Waals surface area contributed by atoms with Gasteiger partial charge in [-0.05, 0) is 37.6 Å². The van der Waals surface area contributed by atoms with Crippen molar-refractivity contribution < 1.29 is 14.7 Å². The first-order valence-corrected chi connectivity index (χ1v) is 7.13. The summed E-state index contributed by atoms with van der Waals surface area (Å²) in [5.74, 6) is -1.44. The van der Waals surface area contributed by atoms with Crippen molar-refractivity contribution in [2.75, 3.05) is 30.7 Å². The largest absolute Gasteiger partial charge is 0.481 e. The van der Waals surface area contributed by atoms with Gasteiger partial charge in [-0.2, -0.15) is 0 Å². The van der Waals surface area contributed by atoms with Gasteiger partial charge in [0.25, 0.3) is 0 Å². The van der Waals surface area contributed by atoms with E-state index in [1.807, 2.05) is 4.90 Å². The number of hydrogen-bond acceptors (Lipinski definition) is 4. The quantitative estimate of drug-likeness (QED) is 0.735. The van der Waals surface area contributed by atoms with Crippen LogP contribution in [0.15, 0.2) is 18.2 Å². The molecule has 7 heteroatoms. The predicted octanol–water partition coefficient (Wildman–Crippen LogP) is 1.66. The van der Waals surface area contributed by atoms with Crippen molar-refractivity contribution in [2.24, 2.45) is 5.92 Å². The van der Waals surface area contributed by atoms with Gasteiger partial charge in [0.2, 0.25) is 5.91 Å². The van der Waals surface area contributed by atoms with Gasteiger partial charge in [0.1, 0.15) is 0 Å². The van der Waals surface area contributed by atoms with Crippen LogP contribution in [0, 0.1) is 5.92 Å². The summed E-state index contributed by atoms with van der Waals surface area (Å²) in [6.07, 6.45) is 1.44. The average Bonchev–Trinajstić information content (AvgIpc) is 2.43. The molecule has 1 fully saturated rings. The lowest BCUT2D eigenvalue weighted by atomic mass is 9.98. The van der Waals surface area contributed by atoms with Gasteiger partial charge in [-0.25, -0.2) is 0 Å². The van der Waals surface area contributed by atoms with E-state index in [-0.39, 0.29) is 12.5 Å². The molecule has 21 heavy (non-hydrogen) atoms. The zero-order chi connectivity index (χ0) is 15.4. The molecule has 114 valence electrons. The molecular formula is C14H18ClN3O3. The fraction of sp³-hybridized carbons (Fsp3) is 0.429. The van der Waals surface area contributed by atoms with Gasteiger partial charge in [0, 0.05) is 12.2 Å². The lowest BCUT2D eigenvalue weighted by Crippen LogP contribution is -2.42. The zero-order valence-corrected chi connectivity index (χ0v) is 12.3. The maximum absolute atomic E-state index is 12.0. The number of nitrogen functional groups attached to an aromatic ring is 1. The Morgan fingerprint density at radius 3 is 2.95 bits per heavy atom. The molecule has 1 aromatic carbocycles. The van der Waals surface area contributed by atoms with E-state index >= 15 is 0 Å². The maximum atomic E-state index is 12.0. The molecule has 6 nitrogen and oxygen atoms in total. The minimum Gasteiger partial charge on any atom is -0.481 e. The van der Waals surface area contributed by atoms with Crippen molar-refractivity contribution in [2.45, 2.75) is 12.8 Å². The highest BCUT2D eigenvalue weighted by molar-refractivity contribution is 6.33. The second-order valence-electron chi connectivity index (χ2n) is 5.20. The molecular weight excluding hydrogens is 294 g/mol. The van der Waals surface area contributed by atoms with E-state index in [9.17, 15) is 9.59 Å². The van der Waals surface area contributed by atoms with E-state index in [4.69, 9.17) is 22.4 Å². The van der Waals surface area contributed by atoms with E-state index in [1.165, 1.54) is 0 Å². The second kappa shape index (κ2) is 6.78. The Labute approximate surface area is 127 Å². The average molecular weight is 312 g/mol. The first-order valence-electron chi connectivity index (χ1n) is 6.75. The molecule has 0 saturated carbocycles. The van der Waals surface area contributed by atoms with Crippen molar-refractivity contribution in [1.29, 1.82) is 0 Å². The summed E-state index contributed by atoms with van der Waals surface area (Å²) in [5, 5.41) is 12.2. The monoisotopic (exact) mass is 311 g/mol. The number of halogens is 1. The lowest BCUT2D eigenvalue weighted by Gasteiger charge is -2.29. The Kier molecular flexibility index (Phi) is 5.03. The highest BCUT2D eigenvalue weighted by Crippen LogP contribution is 2.24. The molecule has 4 N–H and O–H groups in total. The number of nitrogens with zero attached hydrogens (tertiary/aromatic N) is 1. The Hall–Kier alpha value is -1.79. The molecule has 1 aromatic rings. The normalized spacial score (nSPS) is 19.2. The number of aliphatic carboxylic acids is 1. The van der Waals surface area contributed by atoms with Crippen LogP contribution >= 0.6 is 11.6 Å². The number of carbonyl (C=O) groups excluding carboxylic acids is 1. The van der Waals surface area contributed by atoms with Crippen molar-refractivity contribution in [1.82, 2.24) is 4.90 Å². The first-order chi connectivity index (χ1) is 9.95. The fourth-order valence-electron chi connectivity index (χ4n) is 2.43. The zero-order valence-electron chi connectivity index (χ0n) is 11.5. The molecule has 0 aliphatic carbocycles. The van der Waals surface area contributed by atoms with Gasteiger partial charge in [-0.15, -0.1) is 0 Å². The molecule has 0 aromatic heterocycles.